The molecular weight excluding hydrogens is 828 g/mol. The first-order valence-electron chi connectivity index (χ1n) is 20.3. The summed E-state index contributed by atoms with van der Waals surface area (Å²) in [4.78, 5) is 23.9. The highest BCUT2D eigenvalue weighted by atomic mass is 35.5. The lowest BCUT2D eigenvalue weighted by Gasteiger charge is -2.47. The molecule has 3 saturated heterocycles. The van der Waals surface area contributed by atoms with E-state index in [0.717, 1.165) is 5.56 Å². The zero-order valence-corrected chi connectivity index (χ0v) is 33.6. The van der Waals surface area contributed by atoms with Gasteiger partial charge in [0.1, 0.15) is 28.7 Å². The molecule has 2 aliphatic carbocycles. The van der Waals surface area contributed by atoms with Crippen molar-refractivity contribution in [3.8, 4) is 34.2 Å². The lowest BCUT2D eigenvalue weighted by Crippen LogP contribution is -2.66. The number of nitrogens with one attached hydrogen (secondary N) is 1. The third-order valence-electron chi connectivity index (χ3n) is 12.9. The van der Waals surface area contributed by atoms with E-state index in [1.165, 1.54) is 7.11 Å². The molecule has 5 aromatic rings. The monoisotopic (exact) mass is 867 g/mol. The van der Waals surface area contributed by atoms with Crippen LogP contribution < -0.4 is 14.8 Å². The highest BCUT2D eigenvalue weighted by Gasteiger charge is 2.49. The van der Waals surface area contributed by atoms with E-state index in [4.69, 9.17) is 25.5 Å². The summed E-state index contributed by atoms with van der Waals surface area (Å²) < 4.78 is 106. The molecule has 0 radical (unpaired) electrons. The Balaban J connectivity index is 0.950. The zero-order valence-electron chi connectivity index (χ0n) is 32.9. The van der Waals surface area contributed by atoms with Crippen LogP contribution in [-0.2, 0) is 36.5 Å². The van der Waals surface area contributed by atoms with Crippen molar-refractivity contribution in [1.29, 1.82) is 0 Å². The highest BCUT2D eigenvalue weighted by Crippen LogP contribution is 2.50. The number of alkyl halides is 6. The van der Waals surface area contributed by atoms with Gasteiger partial charge >= 0.3 is 12.4 Å². The maximum atomic E-state index is 14.8. The standard InChI is InChI=1S/C44H40ClF6N5O5/c1-59-40-31(19-55-20-42(21-55)14-12-35(58)54-42)52-39(44(49,50)51)41(53-40)61-33-11-9-25-24(4-2-5-26(25)33)28-6-3-7-29(37(28)45)34-17-22-16-30-27(36(38(22)60-34)43(46,47)48)8-10-32(30)56-15-13-23(57)18-56/h2-7,16-17,23,32-33,57H,8-15,18-21H2,1H3,(H,54,58)/t23-,32-,33+/m1/s1. The third kappa shape index (κ3) is 6.99. The predicted octanol–water partition coefficient (Wildman–Crippen LogP) is 8.84. The van der Waals surface area contributed by atoms with Crippen molar-refractivity contribution in [2.45, 2.75) is 87.6 Å². The Kier molecular flexibility index (Phi) is 9.62. The topological polar surface area (TPSA) is 113 Å². The molecule has 3 fully saturated rings. The number of furan rings is 1. The number of carbonyl (C=O) groups excluding carboxylic acids is 1. The van der Waals surface area contributed by atoms with Crippen molar-refractivity contribution < 1.29 is 50.1 Å². The van der Waals surface area contributed by atoms with E-state index in [1.54, 1.807) is 42.5 Å². The third-order valence-corrected chi connectivity index (χ3v) is 13.3. The average molecular weight is 868 g/mol. The number of methoxy groups -OCH3 is 1. The summed E-state index contributed by atoms with van der Waals surface area (Å²) in [6.45, 7) is 2.00. The van der Waals surface area contributed by atoms with E-state index in [9.17, 15) is 36.2 Å². The van der Waals surface area contributed by atoms with Gasteiger partial charge in [0.25, 0.3) is 0 Å². The molecule has 0 unspecified atom stereocenters. The van der Waals surface area contributed by atoms with Gasteiger partial charge in [-0.3, -0.25) is 14.6 Å². The maximum Gasteiger partial charge on any atom is 0.438 e. The Labute approximate surface area is 350 Å². The number of β-amino-alcohol motifs (C(OH)–C–C–N with tert-alkyl or cyclic N) is 1. The number of fused-ring (bicyclic) bond motifs is 3. The summed E-state index contributed by atoms with van der Waals surface area (Å²) in [5.74, 6) is -0.690. The first kappa shape index (κ1) is 40.2. The molecule has 5 aliphatic rings. The maximum absolute atomic E-state index is 14.8. The Bertz CT molecular complexity index is 2590. The van der Waals surface area contributed by atoms with Crippen LogP contribution in [-0.4, -0.2) is 75.7 Å². The van der Waals surface area contributed by atoms with Crippen LogP contribution in [0.4, 0.5) is 26.3 Å². The number of benzene rings is 3. The van der Waals surface area contributed by atoms with Crippen LogP contribution in [0.25, 0.3) is 33.4 Å². The first-order chi connectivity index (χ1) is 29.1. The minimum absolute atomic E-state index is 0.000165. The van der Waals surface area contributed by atoms with Crippen molar-refractivity contribution in [3.63, 3.8) is 0 Å². The molecule has 10 rings (SSSR count). The first-order valence-corrected chi connectivity index (χ1v) is 20.7. The van der Waals surface area contributed by atoms with Gasteiger partial charge in [-0.1, -0.05) is 41.9 Å². The van der Waals surface area contributed by atoms with Crippen LogP contribution in [0.15, 0.2) is 52.9 Å². The van der Waals surface area contributed by atoms with E-state index in [1.807, 2.05) is 11.0 Å². The van der Waals surface area contributed by atoms with Gasteiger partial charge in [-0.15, -0.1) is 0 Å². The van der Waals surface area contributed by atoms with E-state index in [-0.39, 0.29) is 64.0 Å². The minimum Gasteiger partial charge on any atom is -0.480 e. The van der Waals surface area contributed by atoms with E-state index >= 15 is 0 Å². The van der Waals surface area contributed by atoms with Gasteiger partial charge in [-0.2, -0.15) is 31.3 Å². The number of hydrogen-bond acceptors (Lipinski definition) is 9. The van der Waals surface area contributed by atoms with Crippen LogP contribution in [0.2, 0.25) is 5.02 Å². The number of rotatable bonds is 8. The summed E-state index contributed by atoms with van der Waals surface area (Å²) in [5.41, 5.74) is 1.19. The molecule has 3 atom stereocenters. The predicted molar refractivity (Wildman–Crippen MR) is 211 cm³/mol. The molecule has 1 spiro atoms. The largest absolute Gasteiger partial charge is 0.480 e. The fraction of sp³-hybridized carbons (Fsp3) is 0.432. The van der Waals surface area contributed by atoms with Gasteiger partial charge in [-0.05, 0) is 84.5 Å². The summed E-state index contributed by atoms with van der Waals surface area (Å²) in [7, 11) is 1.30. The molecule has 5 heterocycles. The van der Waals surface area contributed by atoms with E-state index < -0.39 is 41.7 Å². The van der Waals surface area contributed by atoms with Crippen molar-refractivity contribution >= 4 is 28.5 Å². The fourth-order valence-electron chi connectivity index (χ4n) is 10.3. The fourth-order valence-corrected chi connectivity index (χ4v) is 10.6. The second-order valence-corrected chi connectivity index (χ2v) is 17.2. The molecule has 17 heteroatoms. The summed E-state index contributed by atoms with van der Waals surface area (Å²) >= 11 is 7.12. The van der Waals surface area contributed by atoms with Gasteiger partial charge in [0.05, 0.1) is 23.8 Å². The van der Waals surface area contributed by atoms with Gasteiger partial charge in [0, 0.05) is 61.7 Å². The highest BCUT2D eigenvalue weighted by molar-refractivity contribution is 6.36. The Morgan fingerprint density at radius 1 is 0.918 bits per heavy atom. The van der Waals surface area contributed by atoms with E-state index in [2.05, 4.69) is 20.2 Å². The number of ether oxygens (including phenoxy) is 2. The molecule has 61 heavy (non-hydrogen) atoms. The molecule has 3 aliphatic heterocycles. The minimum atomic E-state index is -4.90. The zero-order chi connectivity index (χ0) is 42.6. The number of aliphatic hydroxyl groups is 1. The molecule has 2 aromatic heterocycles. The van der Waals surface area contributed by atoms with Crippen molar-refractivity contribution in [1.82, 2.24) is 25.1 Å². The van der Waals surface area contributed by atoms with Crippen LogP contribution in [0.1, 0.15) is 83.5 Å². The van der Waals surface area contributed by atoms with Gasteiger partial charge in [0.15, 0.2) is 0 Å². The van der Waals surface area contributed by atoms with Crippen molar-refractivity contribution in [2.75, 3.05) is 33.3 Å². The van der Waals surface area contributed by atoms with Gasteiger partial charge in [0.2, 0.25) is 23.4 Å². The number of amides is 1. The number of likely N-dealkylation sites (tertiary alicyclic amines) is 2. The molecular formula is C44H40ClF6N5O5. The SMILES string of the molecule is COc1nc(O[C@H]2CCc3c(-c4cccc(-c5cc6cc7c(c(C(F)(F)F)c6o5)CC[C@H]7N5CC[C@@H](O)C5)c4Cl)cccc32)c(C(F)(F)F)nc1CN1CC2(CCC(=O)N2)C1. The second-order valence-electron chi connectivity index (χ2n) is 16.8. The van der Waals surface area contributed by atoms with Gasteiger partial charge < -0.3 is 24.3 Å². The van der Waals surface area contributed by atoms with Gasteiger partial charge in [-0.25, -0.2) is 4.98 Å². The molecule has 0 saturated carbocycles. The number of aromatic nitrogens is 2. The number of hydrogen-bond donors (Lipinski definition) is 2. The van der Waals surface area contributed by atoms with Crippen LogP contribution >= 0.6 is 11.6 Å². The number of carbonyl (C=O) groups is 1. The number of aliphatic hydroxyl groups excluding tert-OH is 1. The molecule has 10 nitrogen and oxygen atoms in total. The Hall–Kier alpha value is -4.90. The van der Waals surface area contributed by atoms with E-state index in [0.29, 0.717) is 97.9 Å². The summed E-state index contributed by atoms with van der Waals surface area (Å²) in [6, 6.07) is 13.7. The van der Waals surface area contributed by atoms with Crippen molar-refractivity contribution in [3.05, 3.63) is 92.8 Å². The summed E-state index contributed by atoms with van der Waals surface area (Å²) in [6.07, 6.45) is -7.76. The lowest BCUT2D eigenvalue weighted by molar-refractivity contribution is -0.143. The molecule has 2 N–H and O–H groups in total. The lowest BCUT2D eigenvalue weighted by atomic mass is 9.88. The molecule has 3 aromatic carbocycles. The second kappa shape index (κ2) is 14.6. The van der Waals surface area contributed by atoms with Crippen LogP contribution in [0.5, 0.6) is 11.8 Å². The molecule has 1 amide bonds. The Morgan fingerprint density at radius 3 is 2.38 bits per heavy atom. The number of nitrogens with zero attached hydrogens (tertiary/aromatic N) is 4. The smallest absolute Gasteiger partial charge is 0.438 e. The number of halogens is 7. The van der Waals surface area contributed by atoms with Crippen molar-refractivity contribution in [2.24, 2.45) is 0 Å². The van der Waals surface area contributed by atoms with Crippen LogP contribution in [0.3, 0.4) is 0 Å². The quantitative estimate of drug-likeness (QED) is 0.148. The molecule has 0 bridgehead atoms. The normalized spacial score (nSPS) is 22.5. The molecule has 320 valence electrons. The van der Waals surface area contributed by atoms with Crippen LogP contribution in [0, 0.1) is 0 Å². The summed E-state index contributed by atoms with van der Waals surface area (Å²) in [5, 5.41) is 13.7. The Morgan fingerprint density at radius 2 is 1.67 bits per heavy atom. The average Bonchev–Trinajstić information content (AvgIpc) is 4.04.